The fourth-order valence-electron chi connectivity index (χ4n) is 1.89. The molecule has 1 heterocycles. The van der Waals surface area contributed by atoms with Crippen molar-refractivity contribution in [3.05, 3.63) is 57.5 Å². The van der Waals surface area contributed by atoms with Gasteiger partial charge in [0, 0.05) is 30.1 Å². The molecule has 0 aliphatic rings. The lowest BCUT2D eigenvalue weighted by atomic mass is 10.0. The molecule has 0 fully saturated rings. The highest BCUT2D eigenvalue weighted by Crippen LogP contribution is 2.34. The Hall–Kier alpha value is -1.17. The Labute approximate surface area is 136 Å². The summed E-state index contributed by atoms with van der Waals surface area (Å²) < 4.78 is 20.1. The number of halogens is 3. The van der Waals surface area contributed by atoms with Crippen molar-refractivity contribution in [1.82, 2.24) is 4.98 Å². The zero-order chi connectivity index (χ0) is 15.4. The van der Waals surface area contributed by atoms with Crippen molar-refractivity contribution in [3.63, 3.8) is 0 Å². The van der Waals surface area contributed by atoms with Crippen LogP contribution >= 0.6 is 27.5 Å². The Morgan fingerprint density at radius 2 is 2.24 bits per heavy atom. The zero-order valence-corrected chi connectivity index (χ0v) is 13.7. The quantitative estimate of drug-likeness (QED) is 0.785. The van der Waals surface area contributed by atoms with Gasteiger partial charge in [0.1, 0.15) is 17.7 Å². The van der Waals surface area contributed by atoms with Crippen molar-refractivity contribution in [2.24, 2.45) is 5.73 Å². The molecule has 112 valence electrons. The largest absolute Gasteiger partial charge is 0.483 e. The van der Waals surface area contributed by atoms with Crippen LogP contribution in [0.5, 0.6) is 5.75 Å². The lowest BCUT2D eigenvalue weighted by molar-refractivity contribution is 0.169. The first-order valence-electron chi connectivity index (χ1n) is 6.49. The van der Waals surface area contributed by atoms with E-state index in [1.165, 1.54) is 12.1 Å². The van der Waals surface area contributed by atoms with Gasteiger partial charge in [-0.25, -0.2) is 4.39 Å². The smallest absolute Gasteiger partial charge is 0.145 e. The number of ether oxygens (including phenoxy) is 1. The maximum absolute atomic E-state index is 13.6. The number of rotatable bonds is 5. The number of nitrogens with zero attached hydrogens (tertiary/aromatic N) is 1. The number of aromatic nitrogens is 1. The summed E-state index contributed by atoms with van der Waals surface area (Å²) in [6.07, 6.45) is 3.67. The maximum Gasteiger partial charge on any atom is 0.145 e. The zero-order valence-electron chi connectivity index (χ0n) is 11.4. The van der Waals surface area contributed by atoms with Gasteiger partial charge < -0.3 is 10.5 Å². The minimum Gasteiger partial charge on any atom is -0.483 e. The van der Waals surface area contributed by atoms with Crippen molar-refractivity contribution in [2.45, 2.75) is 25.5 Å². The van der Waals surface area contributed by atoms with Crippen molar-refractivity contribution in [3.8, 4) is 5.75 Å². The summed E-state index contributed by atoms with van der Waals surface area (Å²) in [5.41, 5.74) is 6.97. The van der Waals surface area contributed by atoms with Crippen LogP contribution in [0, 0.1) is 5.82 Å². The Kier molecular flexibility index (Phi) is 5.56. The summed E-state index contributed by atoms with van der Waals surface area (Å²) in [6.45, 7) is 1.97. The standard InChI is InChI=1S/C15H15BrClFN2O/c1-2-13(19)15(9-4-3-5-20-8-9)21-14-7-12(18)11(17)6-10(14)16/h3-8,13,15H,2,19H2,1H3. The highest BCUT2D eigenvalue weighted by atomic mass is 79.9. The summed E-state index contributed by atoms with van der Waals surface area (Å²) in [4.78, 5) is 4.08. The second-order valence-corrected chi connectivity index (χ2v) is 5.86. The van der Waals surface area contributed by atoms with Gasteiger partial charge in [-0.15, -0.1) is 0 Å². The predicted octanol–water partition coefficient (Wildman–Crippen LogP) is 4.49. The van der Waals surface area contributed by atoms with E-state index in [9.17, 15) is 4.39 Å². The highest BCUT2D eigenvalue weighted by Gasteiger charge is 2.22. The fraction of sp³-hybridized carbons (Fsp3) is 0.267. The van der Waals surface area contributed by atoms with Crippen LogP contribution in [0.15, 0.2) is 41.1 Å². The van der Waals surface area contributed by atoms with Gasteiger partial charge in [-0.3, -0.25) is 4.98 Å². The van der Waals surface area contributed by atoms with Crippen LogP contribution in [0.4, 0.5) is 4.39 Å². The third-order valence-corrected chi connectivity index (χ3v) is 4.01. The molecule has 0 aliphatic heterocycles. The normalized spacial score (nSPS) is 13.8. The number of hydrogen-bond acceptors (Lipinski definition) is 3. The summed E-state index contributed by atoms with van der Waals surface area (Å²) in [5.74, 6) is -0.181. The van der Waals surface area contributed by atoms with Crippen molar-refractivity contribution in [1.29, 1.82) is 0 Å². The van der Waals surface area contributed by atoms with Crippen LogP contribution in [-0.4, -0.2) is 11.0 Å². The van der Waals surface area contributed by atoms with Gasteiger partial charge >= 0.3 is 0 Å². The van der Waals surface area contributed by atoms with E-state index >= 15 is 0 Å². The number of pyridine rings is 1. The van der Waals surface area contributed by atoms with Crippen LogP contribution in [0.2, 0.25) is 5.02 Å². The van der Waals surface area contributed by atoms with Gasteiger partial charge in [0.25, 0.3) is 0 Å². The molecule has 0 amide bonds. The highest BCUT2D eigenvalue weighted by molar-refractivity contribution is 9.10. The first-order valence-corrected chi connectivity index (χ1v) is 7.66. The predicted molar refractivity (Wildman–Crippen MR) is 85.0 cm³/mol. The third kappa shape index (κ3) is 3.93. The molecule has 0 radical (unpaired) electrons. The van der Waals surface area contributed by atoms with E-state index < -0.39 is 11.9 Å². The van der Waals surface area contributed by atoms with E-state index in [-0.39, 0.29) is 11.1 Å². The molecule has 3 nitrogen and oxygen atoms in total. The lowest BCUT2D eigenvalue weighted by Crippen LogP contribution is -2.31. The Morgan fingerprint density at radius 1 is 1.48 bits per heavy atom. The van der Waals surface area contributed by atoms with E-state index in [0.717, 1.165) is 5.56 Å². The summed E-state index contributed by atoms with van der Waals surface area (Å²) in [6, 6.07) is 6.17. The van der Waals surface area contributed by atoms with E-state index in [2.05, 4.69) is 20.9 Å². The van der Waals surface area contributed by atoms with Gasteiger partial charge in [0.05, 0.1) is 9.50 Å². The van der Waals surface area contributed by atoms with E-state index in [0.29, 0.717) is 16.6 Å². The molecular weight excluding hydrogens is 359 g/mol. The molecule has 2 unspecified atom stereocenters. The van der Waals surface area contributed by atoms with Crippen LogP contribution < -0.4 is 10.5 Å². The molecule has 0 aliphatic carbocycles. The second kappa shape index (κ2) is 7.20. The molecule has 2 aromatic rings. The summed E-state index contributed by atoms with van der Waals surface area (Å²) in [5, 5.41) is 0.0342. The molecule has 2 rings (SSSR count). The Balaban J connectivity index is 2.34. The topological polar surface area (TPSA) is 48.1 Å². The SMILES string of the molecule is CCC(N)C(Oc1cc(F)c(Cl)cc1Br)c1cccnc1. The maximum atomic E-state index is 13.6. The van der Waals surface area contributed by atoms with Crippen molar-refractivity contribution < 1.29 is 9.13 Å². The average molecular weight is 374 g/mol. The third-order valence-electron chi connectivity index (χ3n) is 3.10. The molecule has 6 heteroatoms. The van der Waals surface area contributed by atoms with Gasteiger partial charge in [-0.2, -0.15) is 0 Å². The minimum absolute atomic E-state index is 0.0342. The molecule has 0 spiro atoms. The van der Waals surface area contributed by atoms with Crippen LogP contribution in [0.1, 0.15) is 25.0 Å². The molecular formula is C15H15BrClFN2O. The van der Waals surface area contributed by atoms with Crippen molar-refractivity contribution >= 4 is 27.5 Å². The van der Waals surface area contributed by atoms with Gasteiger partial charge in [-0.05, 0) is 34.5 Å². The van der Waals surface area contributed by atoms with E-state index in [1.54, 1.807) is 12.4 Å². The summed E-state index contributed by atoms with van der Waals surface area (Å²) >= 11 is 9.05. The number of nitrogens with two attached hydrogens (primary N) is 1. The minimum atomic E-state index is -0.537. The molecule has 1 aromatic carbocycles. The number of benzene rings is 1. The van der Waals surface area contributed by atoms with E-state index in [4.69, 9.17) is 22.1 Å². The lowest BCUT2D eigenvalue weighted by Gasteiger charge is -2.25. The first-order chi connectivity index (χ1) is 10.0. The Bertz CT molecular complexity index is 612. The van der Waals surface area contributed by atoms with E-state index in [1.807, 2.05) is 19.1 Å². The van der Waals surface area contributed by atoms with Gasteiger partial charge in [0.15, 0.2) is 0 Å². The fourth-order valence-corrected chi connectivity index (χ4v) is 2.62. The Morgan fingerprint density at radius 3 is 2.86 bits per heavy atom. The van der Waals surface area contributed by atoms with Gasteiger partial charge in [-0.1, -0.05) is 24.6 Å². The molecule has 0 bridgehead atoms. The molecule has 1 aromatic heterocycles. The van der Waals surface area contributed by atoms with Gasteiger partial charge in [0.2, 0.25) is 0 Å². The van der Waals surface area contributed by atoms with Crippen LogP contribution in [0.25, 0.3) is 0 Å². The molecule has 0 saturated carbocycles. The van der Waals surface area contributed by atoms with Crippen LogP contribution in [-0.2, 0) is 0 Å². The number of hydrogen-bond donors (Lipinski definition) is 1. The molecule has 2 atom stereocenters. The van der Waals surface area contributed by atoms with Crippen LogP contribution in [0.3, 0.4) is 0 Å². The molecule has 0 saturated heterocycles. The first kappa shape index (κ1) is 16.2. The van der Waals surface area contributed by atoms with Crippen molar-refractivity contribution in [2.75, 3.05) is 0 Å². The average Bonchev–Trinajstić information content (AvgIpc) is 2.49. The monoisotopic (exact) mass is 372 g/mol. The summed E-state index contributed by atoms with van der Waals surface area (Å²) in [7, 11) is 0. The molecule has 21 heavy (non-hydrogen) atoms. The molecule has 2 N–H and O–H groups in total. The second-order valence-electron chi connectivity index (χ2n) is 4.59.